The first-order valence-electron chi connectivity index (χ1n) is 4.11. The van der Waals surface area contributed by atoms with Crippen LogP contribution in [0.4, 0.5) is 0 Å². The molecule has 1 amide bonds. The first kappa shape index (κ1) is 17.3. The average Bonchev–Trinajstić information content (AvgIpc) is 1.96. The van der Waals surface area contributed by atoms with Crippen molar-refractivity contribution in [1.82, 2.24) is 5.32 Å². The smallest absolute Gasteiger partial charge is 1.00 e. The molecule has 2 N–H and O–H groups in total. The molecule has 7 heteroatoms. The molecule has 0 aromatic heterocycles. The van der Waals surface area contributed by atoms with Crippen LogP contribution in [0.15, 0.2) is 12.2 Å². The fourth-order valence-corrected chi connectivity index (χ4v) is 1.67. The van der Waals surface area contributed by atoms with Crippen LogP contribution in [0.2, 0.25) is 0 Å². The maximum absolute atomic E-state index is 11.0. The van der Waals surface area contributed by atoms with Crippen molar-refractivity contribution in [3.05, 3.63) is 12.2 Å². The number of hydrogen-bond donors (Lipinski definition) is 2. The van der Waals surface area contributed by atoms with Gasteiger partial charge < -0.3 is 8.17 Å². The number of carbonyl (C=O) groups is 1. The third-order valence-corrected chi connectivity index (χ3v) is 2.48. The molecule has 0 aromatic carbocycles. The van der Waals surface area contributed by atoms with E-state index in [0.29, 0.717) is 5.57 Å². The first-order chi connectivity index (χ1) is 6.22. The Morgan fingerprint density at radius 3 is 2.40 bits per heavy atom. The van der Waals surface area contributed by atoms with E-state index < -0.39 is 10.1 Å². The number of nitrogens with one attached hydrogen (secondary N) is 1. The van der Waals surface area contributed by atoms with Gasteiger partial charge >= 0.3 is 23.1 Å². The van der Waals surface area contributed by atoms with E-state index in [1.165, 1.54) is 0 Å². The fraction of sp³-hybridized carbons (Fsp3) is 0.625. The summed E-state index contributed by atoms with van der Waals surface area (Å²) in [4.78, 5) is 11.0. The van der Waals surface area contributed by atoms with Crippen molar-refractivity contribution >= 4 is 39.1 Å². The zero-order chi connectivity index (χ0) is 11.4. The van der Waals surface area contributed by atoms with Gasteiger partial charge in [-0.15, -0.1) is 0 Å². The summed E-state index contributed by atoms with van der Waals surface area (Å²) >= 11 is 0. The molecular formula is C8H17MgNO4S. The van der Waals surface area contributed by atoms with Crippen molar-refractivity contribution in [2.75, 3.05) is 12.3 Å². The Morgan fingerprint density at radius 1 is 1.60 bits per heavy atom. The molecule has 0 radical (unpaired) electrons. The minimum Gasteiger partial charge on any atom is -1.00 e. The van der Waals surface area contributed by atoms with Gasteiger partial charge in [0.2, 0.25) is 5.91 Å². The van der Waals surface area contributed by atoms with Crippen molar-refractivity contribution in [3.63, 3.8) is 0 Å². The third-order valence-electron chi connectivity index (χ3n) is 1.49. The first-order valence-corrected chi connectivity index (χ1v) is 5.72. The van der Waals surface area contributed by atoms with Gasteiger partial charge in [-0.05, 0) is 12.8 Å². The molecule has 0 aromatic rings. The molecule has 15 heavy (non-hydrogen) atoms. The van der Waals surface area contributed by atoms with Gasteiger partial charge in [0.05, 0.1) is 5.75 Å². The van der Waals surface area contributed by atoms with E-state index in [-0.39, 0.29) is 50.0 Å². The molecule has 0 saturated carbocycles. The van der Waals surface area contributed by atoms with Crippen LogP contribution in [0, 0.1) is 5.92 Å². The second kappa shape index (κ2) is 7.21. The molecule has 0 fully saturated rings. The van der Waals surface area contributed by atoms with Crippen molar-refractivity contribution in [3.8, 4) is 0 Å². The molecule has 5 nitrogen and oxygen atoms in total. The second-order valence-corrected chi connectivity index (χ2v) is 4.84. The molecule has 0 spiro atoms. The third kappa shape index (κ3) is 10.2. The maximum Gasteiger partial charge on any atom is 2.00 e. The van der Waals surface area contributed by atoms with E-state index in [1.54, 1.807) is 13.8 Å². The molecular weight excluding hydrogens is 230 g/mol. The van der Waals surface area contributed by atoms with Crippen LogP contribution in [0.1, 0.15) is 16.7 Å². The Balaban J connectivity index is -0.000000282. The van der Waals surface area contributed by atoms with E-state index >= 15 is 0 Å². The van der Waals surface area contributed by atoms with Gasteiger partial charge in [0, 0.05) is 12.1 Å². The van der Waals surface area contributed by atoms with E-state index in [2.05, 4.69) is 11.9 Å². The Labute approximate surface area is 109 Å². The van der Waals surface area contributed by atoms with Crippen molar-refractivity contribution < 1.29 is 20.6 Å². The van der Waals surface area contributed by atoms with Crippen LogP contribution < -0.4 is 5.32 Å². The van der Waals surface area contributed by atoms with Gasteiger partial charge in [0.15, 0.2) is 0 Å². The molecule has 0 saturated heterocycles. The number of carbonyl (C=O) groups excluding carboxylic acids is 1. The Morgan fingerprint density at radius 2 is 2.07 bits per heavy atom. The van der Waals surface area contributed by atoms with E-state index in [4.69, 9.17) is 4.55 Å². The molecule has 0 bridgehead atoms. The van der Waals surface area contributed by atoms with Crippen molar-refractivity contribution in [1.29, 1.82) is 0 Å². The standard InChI is InChI=1S/C8H15NO4S.Mg.2H/c1-6(2)8(10)9-4-7(3)5-14(11,12)13;;;/h7H,1,4-5H2,2-3H3,(H,9,10)(H,11,12,13);;;/q;+2;2*-1. The summed E-state index contributed by atoms with van der Waals surface area (Å²) < 4.78 is 29.4. The molecule has 0 heterocycles. The summed E-state index contributed by atoms with van der Waals surface area (Å²) in [6.45, 7) is 6.80. The van der Waals surface area contributed by atoms with Gasteiger partial charge in [-0.1, -0.05) is 13.5 Å². The summed E-state index contributed by atoms with van der Waals surface area (Å²) in [5.41, 5.74) is 0.365. The number of rotatable bonds is 5. The summed E-state index contributed by atoms with van der Waals surface area (Å²) in [5.74, 6) is -0.996. The zero-order valence-electron chi connectivity index (χ0n) is 11.0. The quantitative estimate of drug-likeness (QED) is 0.408. The molecule has 0 aliphatic rings. The summed E-state index contributed by atoms with van der Waals surface area (Å²) in [5, 5.41) is 2.49. The van der Waals surface area contributed by atoms with Crippen LogP contribution in [0.25, 0.3) is 0 Å². The Hall–Kier alpha value is -0.114. The molecule has 0 aliphatic carbocycles. The average molecular weight is 248 g/mol. The van der Waals surface area contributed by atoms with Gasteiger partial charge in [-0.2, -0.15) is 8.42 Å². The van der Waals surface area contributed by atoms with Gasteiger partial charge in [0.1, 0.15) is 0 Å². The van der Waals surface area contributed by atoms with Crippen LogP contribution in [0.3, 0.4) is 0 Å². The van der Waals surface area contributed by atoms with E-state index in [0.717, 1.165) is 0 Å². The SMILES string of the molecule is C=C(C)C(=O)NCC(C)CS(=O)(=O)O.[H-].[H-].[Mg+2]. The van der Waals surface area contributed by atoms with Gasteiger partial charge in [-0.3, -0.25) is 9.35 Å². The summed E-state index contributed by atoms with van der Waals surface area (Å²) in [6.07, 6.45) is 0. The van der Waals surface area contributed by atoms with Crippen LogP contribution in [-0.2, 0) is 14.9 Å². The van der Waals surface area contributed by atoms with Crippen LogP contribution >= 0.6 is 0 Å². The second-order valence-electron chi connectivity index (χ2n) is 3.34. The topological polar surface area (TPSA) is 83.5 Å². The monoisotopic (exact) mass is 247 g/mol. The van der Waals surface area contributed by atoms with Crippen LogP contribution in [-0.4, -0.2) is 54.2 Å². The largest absolute Gasteiger partial charge is 2.00 e. The number of amides is 1. The Kier molecular flexibility index (Phi) is 8.31. The van der Waals surface area contributed by atoms with Crippen molar-refractivity contribution in [2.45, 2.75) is 13.8 Å². The zero-order valence-corrected chi connectivity index (χ0v) is 11.2. The maximum atomic E-state index is 11.0. The Bertz CT molecular complexity index is 334. The minimum atomic E-state index is -3.97. The molecule has 86 valence electrons. The molecule has 1 atom stereocenters. The predicted octanol–water partition coefficient (Wildman–Crippen LogP) is 0.0468. The van der Waals surface area contributed by atoms with E-state index in [9.17, 15) is 13.2 Å². The molecule has 0 rings (SSSR count). The number of hydrogen-bond acceptors (Lipinski definition) is 3. The predicted molar refractivity (Wildman–Crippen MR) is 61.4 cm³/mol. The van der Waals surface area contributed by atoms with Gasteiger partial charge in [-0.25, -0.2) is 0 Å². The summed E-state index contributed by atoms with van der Waals surface area (Å²) in [7, 11) is -3.97. The van der Waals surface area contributed by atoms with Gasteiger partial charge in [0.25, 0.3) is 10.1 Å². The molecule has 0 aliphatic heterocycles. The summed E-state index contributed by atoms with van der Waals surface area (Å²) in [6, 6.07) is 0. The molecule has 1 unspecified atom stereocenters. The van der Waals surface area contributed by atoms with Crippen LogP contribution in [0.5, 0.6) is 0 Å². The van der Waals surface area contributed by atoms with E-state index in [1.807, 2.05) is 0 Å². The minimum absolute atomic E-state index is 0. The normalized spacial score (nSPS) is 12.5. The fourth-order valence-electron chi connectivity index (χ4n) is 0.836. The van der Waals surface area contributed by atoms with Crippen molar-refractivity contribution in [2.24, 2.45) is 5.92 Å².